The summed E-state index contributed by atoms with van der Waals surface area (Å²) in [6, 6.07) is 32.1. The summed E-state index contributed by atoms with van der Waals surface area (Å²) in [6.07, 6.45) is 0.457. The van der Waals surface area contributed by atoms with E-state index in [0.717, 1.165) is 32.6 Å². The van der Waals surface area contributed by atoms with Crippen molar-refractivity contribution in [3.8, 4) is 0 Å². The maximum atomic E-state index is 10.6. The van der Waals surface area contributed by atoms with Crippen LogP contribution in [-0.2, 0) is 4.74 Å². The van der Waals surface area contributed by atoms with Crippen molar-refractivity contribution in [1.82, 2.24) is 9.80 Å². The molecule has 3 aromatic rings. The maximum absolute atomic E-state index is 10.6. The molecule has 174 valence electrons. The highest BCUT2D eigenvalue weighted by molar-refractivity contribution is 5.32. The van der Waals surface area contributed by atoms with E-state index in [1.807, 2.05) is 18.2 Å². The van der Waals surface area contributed by atoms with E-state index < -0.39 is 6.10 Å². The van der Waals surface area contributed by atoms with Gasteiger partial charge in [0.25, 0.3) is 0 Å². The van der Waals surface area contributed by atoms with Crippen LogP contribution in [0.15, 0.2) is 91.0 Å². The first-order valence-electron chi connectivity index (χ1n) is 12.2. The number of rotatable bonds is 10. The van der Waals surface area contributed by atoms with Crippen LogP contribution in [0.2, 0.25) is 0 Å². The zero-order valence-corrected chi connectivity index (χ0v) is 19.6. The Balaban J connectivity index is 1.30. The number of hydrogen-bond acceptors (Lipinski definition) is 4. The average Bonchev–Trinajstić information content (AvgIpc) is 2.88. The molecule has 0 unspecified atom stereocenters. The lowest BCUT2D eigenvalue weighted by atomic mass is 9.96. The summed E-state index contributed by atoms with van der Waals surface area (Å²) in [7, 11) is 0. The second-order valence-electron chi connectivity index (χ2n) is 8.86. The lowest BCUT2D eigenvalue weighted by molar-refractivity contribution is -0.0291. The molecule has 2 atom stereocenters. The third-order valence-corrected chi connectivity index (χ3v) is 6.50. The average molecular weight is 445 g/mol. The van der Waals surface area contributed by atoms with Gasteiger partial charge in [0.1, 0.15) is 0 Å². The van der Waals surface area contributed by atoms with E-state index in [2.05, 4.69) is 89.5 Å². The van der Waals surface area contributed by atoms with Crippen LogP contribution in [0.3, 0.4) is 0 Å². The fraction of sp³-hybridized carbons (Fsp3) is 0.379. The molecule has 4 heteroatoms. The lowest BCUT2D eigenvalue weighted by Gasteiger charge is -2.40. The smallest absolute Gasteiger partial charge is 0.0900 e. The predicted molar refractivity (Wildman–Crippen MR) is 134 cm³/mol. The third kappa shape index (κ3) is 6.52. The van der Waals surface area contributed by atoms with Gasteiger partial charge in [-0.3, -0.25) is 9.80 Å². The fourth-order valence-electron chi connectivity index (χ4n) is 4.78. The van der Waals surface area contributed by atoms with Crippen molar-refractivity contribution in [3.63, 3.8) is 0 Å². The molecule has 0 saturated carbocycles. The highest BCUT2D eigenvalue weighted by atomic mass is 16.5. The monoisotopic (exact) mass is 444 g/mol. The van der Waals surface area contributed by atoms with Gasteiger partial charge in [0.05, 0.1) is 24.9 Å². The zero-order chi connectivity index (χ0) is 22.9. The van der Waals surface area contributed by atoms with Gasteiger partial charge in [-0.15, -0.1) is 0 Å². The van der Waals surface area contributed by atoms with Gasteiger partial charge >= 0.3 is 0 Å². The normalized spacial score (nSPS) is 17.2. The molecule has 0 aliphatic carbocycles. The van der Waals surface area contributed by atoms with Crippen LogP contribution in [0.5, 0.6) is 0 Å². The van der Waals surface area contributed by atoms with Crippen LogP contribution < -0.4 is 0 Å². The van der Waals surface area contributed by atoms with Crippen molar-refractivity contribution in [2.75, 3.05) is 39.3 Å². The Morgan fingerprint density at radius 1 is 0.727 bits per heavy atom. The van der Waals surface area contributed by atoms with Gasteiger partial charge in [-0.1, -0.05) is 97.9 Å². The minimum absolute atomic E-state index is 0.0372. The van der Waals surface area contributed by atoms with Crippen LogP contribution >= 0.6 is 0 Å². The molecule has 1 heterocycles. The maximum Gasteiger partial charge on any atom is 0.0900 e. The fourth-order valence-corrected chi connectivity index (χ4v) is 4.78. The lowest BCUT2D eigenvalue weighted by Crippen LogP contribution is -2.50. The van der Waals surface area contributed by atoms with Crippen LogP contribution in [-0.4, -0.2) is 60.3 Å². The van der Waals surface area contributed by atoms with Gasteiger partial charge in [0.2, 0.25) is 0 Å². The molecular weight excluding hydrogens is 408 g/mol. The molecule has 0 bridgehead atoms. The third-order valence-electron chi connectivity index (χ3n) is 6.50. The van der Waals surface area contributed by atoms with E-state index in [1.54, 1.807) is 0 Å². The summed E-state index contributed by atoms with van der Waals surface area (Å²) in [5.74, 6) is 0. The van der Waals surface area contributed by atoms with Crippen molar-refractivity contribution in [3.05, 3.63) is 108 Å². The molecule has 1 saturated heterocycles. The van der Waals surface area contributed by atoms with Crippen LogP contribution in [0.4, 0.5) is 0 Å². The van der Waals surface area contributed by atoms with Gasteiger partial charge in [0.15, 0.2) is 0 Å². The Morgan fingerprint density at radius 2 is 1.21 bits per heavy atom. The predicted octanol–water partition coefficient (Wildman–Crippen LogP) is 4.92. The molecule has 1 aliphatic heterocycles. The second-order valence-corrected chi connectivity index (χ2v) is 8.86. The van der Waals surface area contributed by atoms with Gasteiger partial charge in [-0.2, -0.15) is 0 Å². The standard InChI is InChI=1S/C29H36N2O2/c1-2-28(24-12-6-3-7-13-24)33-23-27(32)22-30-18-20-31(21-19-30)29(25-14-8-4-9-15-25)26-16-10-5-11-17-26/h3-17,27-29,32H,2,18-23H2,1H3/t27-,28-/m0/s1. The highest BCUT2D eigenvalue weighted by Crippen LogP contribution is 2.29. The van der Waals surface area contributed by atoms with E-state index in [1.165, 1.54) is 16.7 Å². The molecule has 33 heavy (non-hydrogen) atoms. The van der Waals surface area contributed by atoms with Gasteiger partial charge < -0.3 is 9.84 Å². The summed E-state index contributed by atoms with van der Waals surface area (Å²) >= 11 is 0. The minimum atomic E-state index is -0.478. The Morgan fingerprint density at radius 3 is 1.70 bits per heavy atom. The quantitative estimate of drug-likeness (QED) is 0.481. The van der Waals surface area contributed by atoms with Gasteiger partial charge in [-0.05, 0) is 23.1 Å². The number of nitrogens with zero attached hydrogens (tertiary/aromatic N) is 2. The van der Waals surface area contributed by atoms with Crippen LogP contribution in [0.1, 0.15) is 42.2 Å². The molecule has 0 amide bonds. The van der Waals surface area contributed by atoms with Crippen LogP contribution in [0.25, 0.3) is 0 Å². The summed E-state index contributed by atoms with van der Waals surface area (Å²) in [5, 5.41) is 10.6. The first kappa shape index (κ1) is 23.7. The number of benzene rings is 3. The molecular formula is C29H36N2O2. The zero-order valence-electron chi connectivity index (χ0n) is 19.6. The molecule has 4 rings (SSSR count). The van der Waals surface area contributed by atoms with Crippen molar-refractivity contribution >= 4 is 0 Å². The van der Waals surface area contributed by atoms with Crippen LogP contribution in [0, 0.1) is 0 Å². The molecule has 4 nitrogen and oxygen atoms in total. The molecule has 0 aromatic heterocycles. The number of hydrogen-bond donors (Lipinski definition) is 1. The number of β-amino-alcohol motifs (C(OH)–C–C–N with tert-alkyl or cyclic N) is 1. The first-order chi connectivity index (χ1) is 16.2. The Hall–Kier alpha value is -2.50. The van der Waals surface area contributed by atoms with Gasteiger partial charge in [-0.25, -0.2) is 0 Å². The largest absolute Gasteiger partial charge is 0.389 e. The molecule has 3 aromatic carbocycles. The molecule has 1 aliphatic rings. The Kier molecular flexibility index (Phi) is 8.67. The first-order valence-corrected chi connectivity index (χ1v) is 12.2. The molecule has 1 N–H and O–H groups in total. The minimum Gasteiger partial charge on any atom is -0.389 e. The second kappa shape index (κ2) is 12.1. The van der Waals surface area contributed by atoms with Crippen molar-refractivity contribution in [1.29, 1.82) is 0 Å². The summed E-state index contributed by atoms with van der Waals surface area (Å²) in [6.45, 7) is 6.99. The number of aliphatic hydroxyl groups excluding tert-OH is 1. The summed E-state index contributed by atoms with van der Waals surface area (Å²) in [5.41, 5.74) is 3.84. The Labute approximate surface area is 198 Å². The summed E-state index contributed by atoms with van der Waals surface area (Å²) < 4.78 is 6.07. The van der Waals surface area contributed by atoms with Crippen molar-refractivity contribution in [2.24, 2.45) is 0 Å². The van der Waals surface area contributed by atoms with E-state index >= 15 is 0 Å². The summed E-state index contributed by atoms with van der Waals surface area (Å²) in [4.78, 5) is 4.92. The van der Waals surface area contributed by atoms with E-state index in [9.17, 15) is 5.11 Å². The van der Waals surface area contributed by atoms with E-state index in [0.29, 0.717) is 13.2 Å². The number of piperazine rings is 1. The SMILES string of the molecule is CC[C@H](OC[C@@H](O)CN1CCN(C(c2ccccc2)c2ccccc2)CC1)c1ccccc1. The van der Waals surface area contributed by atoms with E-state index in [4.69, 9.17) is 4.74 Å². The molecule has 0 spiro atoms. The number of ether oxygens (including phenoxy) is 1. The van der Waals surface area contributed by atoms with Crippen molar-refractivity contribution in [2.45, 2.75) is 31.6 Å². The molecule has 1 fully saturated rings. The number of aliphatic hydroxyl groups is 1. The Bertz CT molecular complexity index is 888. The molecule has 0 radical (unpaired) electrons. The van der Waals surface area contributed by atoms with Crippen molar-refractivity contribution < 1.29 is 9.84 Å². The van der Waals surface area contributed by atoms with Gasteiger partial charge in [0, 0.05) is 32.7 Å². The highest BCUT2D eigenvalue weighted by Gasteiger charge is 2.27. The topological polar surface area (TPSA) is 35.9 Å². The van der Waals surface area contributed by atoms with E-state index in [-0.39, 0.29) is 12.1 Å².